The van der Waals surface area contributed by atoms with Crippen LogP contribution in [0.1, 0.15) is 20.3 Å². The quantitative estimate of drug-likeness (QED) is 0.530. The number of hydrogen-bond acceptors (Lipinski definition) is 3. The first-order valence-corrected chi connectivity index (χ1v) is 4.56. The fourth-order valence-corrected chi connectivity index (χ4v) is 0.725. The number of hydrogen-bond donors (Lipinski definition) is 3. The van der Waals surface area contributed by atoms with Gasteiger partial charge in [-0.05, 0) is 13.8 Å². The molecule has 0 aromatic heterocycles. The zero-order valence-electron chi connectivity index (χ0n) is 8.29. The van der Waals surface area contributed by atoms with Crippen LogP contribution >= 0.6 is 12.2 Å². The van der Waals surface area contributed by atoms with Gasteiger partial charge in [0.25, 0.3) is 0 Å². The lowest BCUT2D eigenvalue weighted by Crippen LogP contribution is -2.45. The number of nitrogens with two attached hydrogens (primary N) is 2. The first kappa shape index (κ1) is 12.8. The lowest BCUT2D eigenvalue weighted by molar-refractivity contribution is -0.126. The maximum Gasteiger partial charge on any atom is 0.232 e. The molecule has 5 N–H and O–H groups in total. The molecule has 0 saturated heterocycles. The molecule has 0 heterocycles. The molecule has 0 saturated carbocycles. The summed E-state index contributed by atoms with van der Waals surface area (Å²) < 4.78 is 0. The van der Waals surface area contributed by atoms with Gasteiger partial charge in [0, 0.05) is 13.0 Å². The fraction of sp³-hybridized carbons (Fsp3) is 0.625. The van der Waals surface area contributed by atoms with Crippen LogP contribution in [0.25, 0.3) is 0 Å². The zero-order chi connectivity index (χ0) is 11.4. The summed E-state index contributed by atoms with van der Waals surface area (Å²) in [6.45, 7) is 3.45. The SMILES string of the molecule is CC(C)(C(=O)NCCC(N)=O)C(N)=S. The van der Waals surface area contributed by atoms with Gasteiger partial charge in [0.05, 0.1) is 10.4 Å². The minimum Gasteiger partial charge on any atom is -0.392 e. The number of amides is 2. The maximum absolute atomic E-state index is 11.5. The van der Waals surface area contributed by atoms with E-state index in [9.17, 15) is 9.59 Å². The highest BCUT2D eigenvalue weighted by Gasteiger charge is 2.30. The molecule has 80 valence electrons. The van der Waals surface area contributed by atoms with Gasteiger partial charge in [-0.2, -0.15) is 0 Å². The van der Waals surface area contributed by atoms with Crippen molar-refractivity contribution in [2.24, 2.45) is 16.9 Å². The van der Waals surface area contributed by atoms with Crippen LogP contribution in [0.5, 0.6) is 0 Å². The minimum atomic E-state index is -0.896. The monoisotopic (exact) mass is 217 g/mol. The Hall–Kier alpha value is -1.17. The van der Waals surface area contributed by atoms with Crippen molar-refractivity contribution in [3.8, 4) is 0 Å². The van der Waals surface area contributed by atoms with Gasteiger partial charge in [-0.1, -0.05) is 12.2 Å². The van der Waals surface area contributed by atoms with Gasteiger partial charge in [-0.15, -0.1) is 0 Å². The number of rotatable bonds is 5. The molecule has 0 bridgehead atoms. The van der Waals surface area contributed by atoms with E-state index in [0.29, 0.717) is 0 Å². The van der Waals surface area contributed by atoms with Crippen molar-refractivity contribution in [2.75, 3.05) is 6.54 Å². The van der Waals surface area contributed by atoms with Crippen molar-refractivity contribution in [1.82, 2.24) is 5.32 Å². The predicted octanol–water partition coefficient (Wildman–Crippen LogP) is -0.710. The van der Waals surface area contributed by atoms with Crippen LogP contribution in [0.2, 0.25) is 0 Å². The van der Waals surface area contributed by atoms with E-state index < -0.39 is 11.3 Å². The lowest BCUT2D eigenvalue weighted by Gasteiger charge is -2.21. The van der Waals surface area contributed by atoms with Gasteiger partial charge in [-0.25, -0.2) is 0 Å². The van der Waals surface area contributed by atoms with Crippen molar-refractivity contribution in [3.63, 3.8) is 0 Å². The van der Waals surface area contributed by atoms with Crippen LogP contribution in [-0.2, 0) is 9.59 Å². The Labute approximate surface area is 88.2 Å². The van der Waals surface area contributed by atoms with E-state index >= 15 is 0 Å². The molecule has 14 heavy (non-hydrogen) atoms. The van der Waals surface area contributed by atoms with Crippen molar-refractivity contribution >= 4 is 29.0 Å². The number of carbonyl (C=O) groups is 2. The van der Waals surface area contributed by atoms with Crippen LogP contribution < -0.4 is 16.8 Å². The van der Waals surface area contributed by atoms with Crippen LogP contribution in [0.3, 0.4) is 0 Å². The molecule has 2 amide bonds. The highest BCUT2D eigenvalue weighted by atomic mass is 32.1. The molecule has 0 aliphatic rings. The molecule has 5 nitrogen and oxygen atoms in total. The summed E-state index contributed by atoms with van der Waals surface area (Å²) in [4.78, 5) is 22.0. The fourth-order valence-electron chi connectivity index (χ4n) is 0.632. The van der Waals surface area contributed by atoms with E-state index in [1.54, 1.807) is 13.8 Å². The summed E-state index contributed by atoms with van der Waals surface area (Å²) in [6.07, 6.45) is 0.110. The average Bonchev–Trinajstić information content (AvgIpc) is 2.02. The lowest BCUT2D eigenvalue weighted by atomic mass is 9.92. The van der Waals surface area contributed by atoms with Crippen LogP contribution in [0.4, 0.5) is 0 Å². The molecule has 0 unspecified atom stereocenters. The van der Waals surface area contributed by atoms with E-state index in [0.717, 1.165) is 0 Å². The summed E-state index contributed by atoms with van der Waals surface area (Å²) >= 11 is 4.74. The molecule has 0 radical (unpaired) electrons. The normalized spacial score (nSPS) is 10.7. The highest BCUT2D eigenvalue weighted by Crippen LogP contribution is 2.14. The van der Waals surface area contributed by atoms with Crippen LogP contribution in [-0.4, -0.2) is 23.3 Å². The number of nitrogens with one attached hydrogen (secondary N) is 1. The van der Waals surface area contributed by atoms with Crippen molar-refractivity contribution in [2.45, 2.75) is 20.3 Å². The molecule has 0 aromatic carbocycles. The Kier molecular flexibility index (Phi) is 4.49. The standard InChI is InChI=1S/C8H15N3O2S/c1-8(2,6(10)14)7(13)11-4-3-5(9)12/h3-4H2,1-2H3,(H2,9,12)(H2,10,14)(H,11,13). The van der Waals surface area contributed by atoms with Crippen molar-refractivity contribution in [3.05, 3.63) is 0 Å². The Morgan fingerprint density at radius 1 is 1.36 bits per heavy atom. The Balaban J connectivity index is 4.09. The summed E-state index contributed by atoms with van der Waals surface area (Å²) in [6, 6.07) is 0. The van der Waals surface area contributed by atoms with Gasteiger partial charge in [0.15, 0.2) is 0 Å². The zero-order valence-corrected chi connectivity index (χ0v) is 9.11. The van der Waals surface area contributed by atoms with Gasteiger partial charge in [0.1, 0.15) is 0 Å². The topological polar surface area (TPSA) is 98.2 Å². The minimum absolute atomic E-state index is 0.110. The first-order valence-electron chi connectivity index (χ1n) is 4.15. The van der Waals surface area contributed by atoms with Crippen molar-refractivity contribution in [1.29, 1.82) is 0 Å². The summed E-state index contributed by atoms with van der Waals surface area (Å²) in [5, 5.41) is 2.53. The van der Waals surface area contributed by atoms with Gasteiger partial charge >= 0.3 is 0 Å². The van der Waals surface area contributed by atoms with Gasteiger partial charge in [-0.3, -0.25) is 9.59 Å². The first-order chi connectivity index (χ1) is 6.28. The summed E-state index contributed by atoms with van der Waals surface area (Å²) in [5.41, 5.74) is 9.39. The highest BCUT2D eigenvalue weighted by molar-refractivity contribution is 7.80. The van der Waals surface area contributed by atoms with E-state index in [-0.39, 0.29) is 23.9 Å². The van der Waals surface area contributed by atoms with Gasteiger partial charge < -0.3 is 16.8 Å². The third-order valence-electron chi connectivity index (χ3n) is 1.84. The Morgan fingerprint density at radius 2 is 1.86 bits per heavy atom. The summed E-state index contributed by atoms with van der Waals surface area (Å²) in [5.74, 6) is -0.760. The molecule has 0 spiro atoms. The largest absolute Gasteiger partial charge is 0.392 e. The molecule has 0 aromatic rings. The molecule has 0 atom stereocenters. The second kappa shape index (κ2) is 4.90. The number of thiocarbonyl (C=S) groups is 1. The summed E-state index contributed by atoms with van der Waals surface area (Å²) in [7, 11) is 0. The van der Waals surface area contributed by atoms with Crippen LogP contribution in [0.15, 0.2) is 0 Å². The van der Waals surface area contributed by atoms with E-state index in [4.69, 9.17) is 23.7 Å². The Morgan fingerprint density at radius 3 is 2.21 bits per heavy atom. The molecular weight excluding hydrogens is 202 g/mol. The third-order valence-corrected chi connectivity index (χ3v) is 2.35. The second-order valence-corrected chi connectivity index (χ2v) is 3.90. The third kappa shape index (κ3) is 3.69. The number of primary amides is 1. The van der Waals surface area contributed by atoms with E-state index in [1.165, 1.54) is 0 Å². The number of carbonyl (C=O) groups excluding carboxylic acids is 2. The van der Waals surface area contributed by atoms with Gasteiger partial charge in [0.2, 0.25) is 11.8 Å². The molecule has 0 fully saturated rings. The Bertz CT molecular complexity index is 263. The smallest absolute Gasteiger partial charge is 0.232 e. The molecule has 6 heteroatoms. The van der Waals surface area contributed by atoms with E-state index in [1.807, 2.05) is 0 Å². The predicted molar refractivity (Wildman–Crippen MR) is 57.4 cm³/mol. The molecule has 0 aliphatic heterocycles. The van der Waals surface area contributed by atoms with Crippen molar-refractivity contribution < 1.29 is 9.59 Å². The average molecular weight is 217 g/mol. The molecule has 0 rings (SSSR count). The van der Waals surface area contributed by atoms with E-state index in [2.05, 4.69) is 5.32 Å². The molecule has 0 aliphatic carbocycles. The maximum atomic E-state index is 11.5. The molecular formula is C8H15N3O2S. The van der Waals surface area contributed by atoms with Crippen LogP contribution in [0, 0.1) is 5.41 Å². The second-order valence-electron chi connectivity index (χ2n) is 3.46.